The lowest BCUT2D eigenvalue weighted by atomic mass is 9.99. The van der Waals surface area contributed by atoms with Crippen LogP contribution in [-0.2, 0) is 29.9 Å². The maximum Gasteiger partial charge on any atom is 0.314 e. The summed E-state index contributed by atoms with van der Waals surface area (Å²) in [6.07, 6.45) is -0.623. The molecular weight excluding hydrogens is 394 g/mol. The maximum atomic E-state index is 13.3. The van der Waals surface area contributed by atoms with Crippen LogP contribution in [0.1, 0.15) is 24.1 Å². The molecule has 2 aromatic carbocycles. The number of sulfonamides is 1. The summed E-state index contributed by atoms with van der Waals surface area (Å²) in [7, 11) is -2.14. The summed E-state index contributed by atoms with van der Waals surface area (Å²) in [5.41, 5.74) is 1.43. The zero-order valence-corrected chi connectivity index (χ0v) is 17.1. The minimum absolute atomic E-state index is 0.0365. The monoisotopic (exact) mass is 417 g/mol. The van der Waals surface area contributed by atoms with Gasteiger partial charge in [-0.05, 0) is 19.1 Å². The van der Waals surface area contributed by atoms with E-state index in [0.29, 0.717) is 17.1 Å². The van der Waals surface area contributed by atoms with Crippen molar-refractivity contribution in [1.82, 2.24) is 4.31 Å². The van der Waals surface area contributed by atoms with Crippen LogP contribution in [0, 0.1) is 5.92 Å². The average Bonchev–Trinajstić information content (AvgIpc) is 3.25. The minimum atomic E-state index is -3.69. The first-order valence-electron chi connectivity index (χ1n) is 9.49. The van der Waals surface area contributed by atoms with Gasteiger partial charge in [-0.1, -0.05) is 34.5 Å². The van der Waals surface area contributed by atoms with Crippen molar-refractivity contribution in [2.45, 2.75) is 24.8 Å². The Morgan fingerprint density at radius 3 is 2.72 bits per heavy atom. The van der Waals surface area contributed by atoms with Crippen LogP contribution in [0.25, 0.3) is 0 Å². The molecule has 7 nitrogen and oxygen atoms in total. The fourth-order valence-corrected chi connectivity index (χ4v) is 5.77. The molecule has 0 saturated carbocycles. The molecule has 8 heteroatoms. The van der Waals surface area contributed by atoms with E-state index >= 15 is 0 Å². The molecule has 1 saturated heterocycles. The highest BCUT2D eigenvalue weighted by Crippen LogP contribution is 2.51. The van der Waals surface area contributed by atoms with Crippen LogP contribution in [0.2, 0.25) is 0 Å². The third-order valence-electron chi connectivity index (χ3n) is 5.34. The molecule has 2 heterocycles. The molecule has 154 valence electrons. The Morgan fingerprint density at radius 2 is 2.03 bits per heavy atom. The lowest BCUT2D eigenvalue weighted by Gasteiger charge is -2.28. The van der Waals surface area contributed by atoms with Gasteiger partial charge in [-0.15, -0.1) is 4.31 Å². The van der Waals surface area contributed by atoms with Gasteiger partial charge in [-0.2, -0.15) is 0 Å². The largest absolute Gasteiger partial charge is 0.597 e. The molecule has 0 amide bonds. The zero-order valence-electron chi connectivity index (χ0n) is 16.3. The number of rotatable bonds is 6. The van der Waals surface area contributed by atoms with Crippen LogP contribution in [0.3, 0.4) is 0 Å². The third kappa shape index (κ3) is 3.63. The van der Waals surface area contributed by atoms with Gasteiger partial charge in [0.1, 0.15) is 40.0 Å². The van der Waals surface area contributed by atoms with Gasteiger partial charge in [-0.3, -0.25) is 4.79 Å². The Labute approximate surface area is 171 Å². The van der Waals surface area contributed by atoms with Gasteiger partial charge in [0.25, 0.3) is 0 Å². The van der Waals surface area contributed by atoms with Gasteiger partial charge in [0.15, 0.2) is 5.75 Å². The Bertz CT molecular complexity index is 949. The van der Waals surface area contributed by atoms with Gasteiger partial charge in [0.2, 0.25) is 0 Å². The summed E-state index contributed by atoms with van der Waals surface area (Å²) in [4.78, 5) is 12.5. The van der Waals surface area contributed by atoms with E-state index in [4.69, 9.17) is 14.2 Å². The summed E-state index contributed by atoms with van der Waals surface area (Å²) in [6.45, 7) is 1.99. The summed E-state index contributed by atoms with van der Waals surface area (Å²) in [6, 6.07) is 13.7. The molecule has 1 unspecified atom stereocenters. The van der Waals surface area contributed by atoms with E-state index < -0.39 is 34.4 Å². The summed E-state index contributed by atoms with van der Waals surface area (Å²) in [5, 5.41) is 0. The number of carbonyl (C=O) groups excluding carboxylic acids is 1. The van der Waals surface area contributed by atoms with Gasteiger partial charge in [-0.25, -0.2) is 0 Å². The molecule has 2 aliphatic rings. The maximum absolute atomic E-state index is 13.3. The molecular formula is C21H23NO6S. The number of fused-ring (bicyclic) bond motifs is 3. The van der Waals surface area contributed by atoms with Crippen molar-refractivity contribution in [3.63, 3.8) is 0 Å². The van der Waals surface area contributed by atoms with Gasteiger partial charge >= 0.3 is 5.97 Å². The second-order valence-electron chi connectivity index (χ2n) is 7.10. The summed E-state index contributed by atoms with van der Waals surface area (Å²) >= 11 is 0. The molecule has 2 aliphatic heterocycles. The number of hydrogen-bond donors (Lipinski definition) is 0. The lowest BCUT2D eigenvalue weighted by Crippen LogP contribution is -2.38. The molecule has 0 aliphatic carbocycles. The molecule has 1 fully saturated rings. The van der Waals surface area contributed by atoms with Crippen molar-refractivity contribution in [3.8, 4) is 11.5 Å². The fraction of sp³-hybridized carbons (Fsp3) is 0.381. The topological polar surface area (TPSA) is 88.1 Å². The first-order chi connectivity index (χ1) is 13.9. The minimum Gasteiger partial charge on any atom is -0.597 e. The number of nitrogens with zero attached hydrogens (tertiary/aromatic N) is 1. The molecule has 0 spiro atoms. The highest BCUT2D eigenvalue weighted by atomic mass is 32.3. The van der Waals surface area contributed by atoms with Crippen molar-refractivity contribution in [2.75, 3.05) is 20.3 Å². The molecule has 2 aromatic rings. The van der Waals surface area contributed by atoms with Gasteiger partial charge in [0.05, 0.1) is 20.3 Å². The number of carbonyl (C=O) groups is 1. The zero-order chi connectivity index (χ0) is 20.6. The molecule has 0 bridgehead atoms. The standard InChI is InChI=1S/C21H23NO6S/c1-3-27-21(23)17-12-22(29(24,25)13-14-7-5-4-6-8-14)19-16-10-9-15(26-2)11-18(16)28-20(17)19/h4-11,17,19-20H,3,12-13H2,1-2H3/t17-,19+,20+/m1/s1. The number of benzene rings is 2. The van der Waals surface area contributed by atoms with Crippen molar-refractivity contribution >= 4 is 16.4 Å². The Morgan fingerprint density at radius 1 is 1.28 bits per heavy atom. The van der Waals surface area contributed by atoms with E-state index in [1.165, 1.54) is 4.31 Å². The van der Waals surface area contributed by atoms with Crippen molar-refractivity contribution in [1.29, 1.82) is 0 Å². The molecule has 4 rings (SSSR count). The number of esters is 1. The number of ether oxygens (including phenoxy) is 3. The van der Waals surface area contributed by atoms with Crippen LogP contribution in [-0.4, -0.2) is 41.2 Å². The van der Waals surface area contributed by atoms with Gasteiger partial charge < -0.3 is 18.8 Å². The molecule has 29 heavy (non-hydrogen) atoms. The predicted octanol–water partition coefficient (Wildman–Crippen LogP) is 2.74. The summed E-state index contributed by atoms with van der Waals surface area (Å²) in [5.74, 6) is -0.134. The second-order valence-corrected chi connectivity index (χ2v) is 9.02. The Balaban J connectivity index is 1.70. The molecule has 0 radical (unpaired) electrons. The normalized spacial score (nSPS) is 24.9. The highest BCUT2D eigenvalue weighted by molar-refractivity contribution is 7.94. The van der Waals surface area contributed by atoms with Gasteiger partial charge in [0, 0.05) is 17.2 Å². The average molecular weight is 417 g/mol. The van der Waals surface area contributed by atoms with Crippen LogP contribution in [0.15, 0.2) is 48.5 Å². The van der Waals surface area contributed by atoms with Crippen molar-refractivity contribution in [3.05, 3.63) is 59.7 Å². The van der Waals surface area contributed by atoms with Crippen molar-refractivity contribution in [2.24, 2.45) is 5.92 Å². The summed E-state index contributed by atoms with van der Waals surface area (Å²) < 4.78 is 44.5. The van der Waals surface area contributed by atoms with E-state index in [2.05, 4.69) is 0 Å². The second kappa shape index (κ2) is 7.78. The van der Waals surface area contributed by atoms with E-state index in [1.807, 2.05) is 6.07 Å². The first-order valence-corrected chi connectivity index (χ1v) is 11.1. The Kier molecular flexibility index (Phi) is 5.33. The third-order valence-corrected chi connectivity index (χ3v) is 7.12. The smallest absolute Gasteiger partial charge is 0.314 e. The van der Waals surface area contributed by atoms with E-state index in [1.54, 1.807) is 56.5 Å². The van der Waals surface area contributed by atoms with Crippen LogP contribution >= 0.6 is 0 Å². The van der Waals surface area contributed by atoms with E-state index in [9.17, 15) is 13.6 Å². The molecule has 0 aromatic heterocycles. The predicted molar refractivity (Wildman–Crippen MR) is 106 cm³/mol. The van der Waals surface area contributed by atoms with Crippen LogP contribution < -0.4 is 9.47 Å². The SMILES string of the molecule is CCOC(=O)[C@@H]1CN([S+](=O)([O-])Cc2ccccc2)[C@H]2c3ccc(OC)cc3O[C@@H]12. The van der Waals surface area contributed by atoms with E-state index in [-0.39, 0.29) is 18.9 Å². The Hall–Kier alpha value is -2.42. The van der Waals surface area contributed by atoms with E-state index in [0.717, 1.165) is 5.56 Å². The van der Waals surface area contributed by atoms with Crippen LogP contribution in [0.5, 0.6) is 11.5 Å². The van der Waals surface area contributed by atoms with Crippen molar-refractivity contribution < 1.29 is 27.8 Å². The number of hydrogen-bond acceptors (Lipinski definition) is 6. The molecule has 4 atom stereocenters. The quantitative estimate of drug-likeness (QED) is 0.530. The number of methoxy groups -OCH3 is 1. The molecule has 0 N–H and O–H groups in total. The fourth-order valence-electron chi connectivity index (χ4n) is 4.02. The lowest BCUT2D eigenvalue weighted by molar-refractivity contribution is -0.149. The van der Waals surface area contributed by atoms with Crippen LogP contribution in [0.4, 0.5) is 0 Å². The highest BCUT2D eigenvalue weighted by Gasteiger charge is 2.58. The first kappa shape index (κ1) is 19.9.